The van der Waals surface area contributed by atoms with E-state index in [9.17, 15) is 14.4 Å². The zero-order valence-electron chi connectivity index (χ0n) is 13.6. The molecule has 6 nitrogen and oxygen atoms in total. The van der Waals surface area contributed by atoms with E-state index in [0.29, 0.717) is 13.2 Å². The predicted molar refractivity (Wildman–Crippen MR) is 85.3 cm³/mol. The molecule has 0 aromatic carbocycles. The molecular weight excluding hydrogens is 288 g/mol. The van der Waals surface area contributed by atoms with Crippen LogP contribution >= 0.6 is 0 Å². The molecule has 0 spiro atoms. The predicted octanol–water partition coefficient (Wildman–Crippen LogP) is 2.90. The zero-order valence-corrected chi connectivity index (χ0v) is 13.6. The van der Waals surface area contributed by atoms with Gasteiger partial charge in [0.15, 0.2) is 0 Å². The summed E-state index contributed by atoms with van der Waals surface area (Å²) in [4.78, 5) is 30.0. The molecule has 0 rings (SSSR count). The van der Waals surface area contributed by atoms with E-state index >= 15 is 0 Å². The Labute approximate surface area is 132 Å². The first kappa shape index (κ1) is 24.6. The number of hydrogen-bond donors (Lipinski definition) is 1. The molecule has 0 aliphatic rings. The van der Waals surface area contributed by atoms with E-state index in [2.05, 4.69) is 29.2 Å². The number of esters is 2. The number of carboxylic acids is 1. The van der Waals surface area contributed by atoms with E-state index in [0.717, 1.165) is 18.9 Å². The molecule has 0 atom stereocenters. The topological polar surface area (TPSA) is 89.9 Å². The van der Waals surface area contributed by atoms with Crippen LogP contribution in [0.2, 0.25) is 0 Å². The highest BCUT2D eigenvalue weighted by molar-refractivity contribution is 5.84. The first-order valence-electron chi connectivity index (χ1n) is 6.73. The van der Waals surface area contributed by atoms with E-state index in [1.54, 1.807) is 6.92 Å². The number of hydrogen-bond acceptors (Lipinski definition) is 5. The van der Waals surface area contributed by atoms with Gasteiger partial charge in [0, 0.05) is 17.7 Å². The van der Waals surface area contributed by atoms with Crippen LogP contribution in [0, 0.1) is 0 Å². The molecule has 126 valence electrons. The van der Waals surface area contributed by atoms with Crippen molar-refractivity contribution in [1.29, 1.82) is 0 Å². The van der Waals surface area contributed by atoms with Gasteiger partial charge in [-0.15, -0.1) is 0 Å². The van der Waals surface area contributed by atoms with Crippen LogP contribution in [0.1, 0.15) is 33.6 Å². The summed E-state index contributed by atoms with van der Waals surface area (Å²) in [7, 11) is 0. The third-order valence-corrected chi connectivity index (χ3v) is 1.73. The number of carbonyl (C=O) groups excluding carboxylic acids is 2. The fourth-order valence-corrected chi connectivity index (χ4v) is 0.577. The highest BCUT2D eigenvalue weighted by Crippen LogP contribution is 1.88. The summed E-state index contributed by atoms with van der Waals surface area (Å²) < 4.78 is 9.11. The van der Waals surface area contributed by atoms with Crippen molar-refractivity contribution >= 4 is 17.9 Å². The summed E-state index contributed by atoms with van der Waals surface area (Å²) in [6.07, 6.45) is 4.29. The summed E-state index contributed by atoms with van der Waals surface area (Å²) in [6, 6.07) is 0. The van der Waals surface area contributed by atoms with Gasteiger partial charge in [-0.05, 0) is 20.3 Å². The molecule has 0 aliphatic heterocycles. The van der Waals surface area contributed by atoms with Crippen LogP contribution < -0.4 is 0 Å². The normalized spacial score (nSPS) is 7.95. The smallest absolute Gasteiger partial charge is 0.330 e. The SMILES string of the molecule is C=C(C)C(=O)O.C=CC(=O)OCC.C=CC(=O)OCCCC. The molecular formula is C16H26O6. The number of unbranched alkanes of at least 4 members (excludes halogenated alkanes) is 1. The Hall–Kier alpha value is -2.37. The Morgan fingerprint density at radius 2 is 1.45 bits per heavy atom. The van der Waals surface area contributed by atoms with E-state index in [1.165, 1.54) is 13.0 Å². The van der Waals surface area contributed by atoms with Crippen molar-refractivity contribution in [3.05, 3.63) is 37.5 Å². The van der Waals surface area contributed by atoms with Crippen molar-refractivity contribution in [2.24, 2.45) is 0 Å². The molecule has 0 saturated heterocycles. The Kier molecular flexibility index (Phi) is 20.9. The average Bonchev–Trinajstić information content (AvgIpc) is 2.48. The molecule has 22 heavy (non-hydrogen) atoms. The molecule has 0 bridgehead atoms. The number of rotatable bonds is 7. The lowest BCUT2D eigenvalue weighted by Gasteiger charge is -1.97. The van der Waals surface area contributed by atoms with Crippen LogP contribution in [-0.2, 0) is 23.9 Å². The minimum atomic E-state index is -0.935. The van der Waals surface area contributed by atoms with Crippen molar-refractivity contribution in [1.82, 2.24) is 0 Å². The second kappa shape index (κ2) is 18.6. The van der Waals surface area contributed by atoms with Gasteiger partial charge in [-0.1, -0.05) is 33.1 Å². The minimum Gasteiger partial charge on any atom is -0.478 e. The second-order valence-corrected chi connectivity index (χ2v) is 3.77. The van der Waals surface area contributed by atoms with E-state index < -0.39 is 5.97 Å². The van der Waals surface area contributed by atoms with Gasteiger partial charge in [0.2, 0.25) is 0 Å². The van der Waals surface area contributed by atoms with Crippen LogP contribution in [0.5, 0.6) is 0 Å². The summed E-state index contributed by atoms with van der Waals surface area (Å²) in [5.41, 5.74) is 0.176. The largest absolute Gasteiger partial charge is 0.478 e. The van der Waals surface area contributed by atoms with Crippen LogP contribution in [0.25, 0.3) is 0 Å². The summed E-state index contributed by atoms with van der Waals surface area (Å²) in [5, 5.41) is 7.89. The van der Waals surface area contributed by atoms with Crippen LogP contribution in [-0.4, -0.2) is 36.2 Å². The minimum absolute atomic E-state index is 0.176. The lowest BCUT2D eigenvalue weighted by Crippen LogP contribution is -2.00. The maximum Gasteiger partial charge on any atom is 0.330 e. The molecule has 0 unspecified atom stereocenters. The van der Waals surface area contributed by atoms with Gasteiger partial charge in [-0.3, -0.25) is 0 Å². The molecule has 0 radical (unpaired) electrons. The van der Waals surface area contributed by atoms with Gasteiger partial charge in [0.25, 0.3) is 0 Å². The summed E-state index contributed by atoms with van der Waals surface area (Å²) in [5.74, 6) is -1.62. The van der Waals surface area contributed by atoms with Gasteiger partial charge >= 0.3 is 17.9 Å². The third kappa shape index (κ3) is 26.2. The zero-order chi connectivity index (χ0) is 18.0. The lowest BCUT2D eigenvalue weighted by atomic mass is 10.4. The van der Waals surface area contributed by atoms with Gasteiger partial charge in [0.05, 0.1) is 13.2 Å². The summed E-state index contributed by atoms with van der Waals surface area (Å²) >= 11 is 0. The standard InChI is InChI=1S/C7H12O2.C5H8O2.C4H6O2/c1-3-5-6-9-7(8)4-2;1-3-5(6)7-4-2;1-3(2)4(5)6/h4H,2-3,5-6H2,1H3;3H,1,4H2,2H3;1H2,2H3,(H,5,6). The summed E-state index contributed by atoms with van der Waals surface area (Å²) in [6.45, 7) is 15.8. The van der Waals surface area contributed by atoms with Gasteiger partial charge < -0.3 is 14.6 Å². The van der Waals surface area contributed by atoms with Crippen molar-refractivity contribution < 1.29 is 29.0 Å². The van der Waals surface area contributed by atoms with Gasteiger partial charge in [-0.2, -0.15) is 0 Å². The van der Waals surface area contributed by atoms with Crippen molar-refractivity contribution in [2.75, 3.05) is 13.2 Å². The molecule has 0 amide bonds. The molecule has 1 N–H and O–H groups in total. The number of aliphatic carboxylic acids is 1. The Bertz CT molecular complexity index is 359. The molecule has 0 heterocycles. The second-order valence-electron chi connectivity index (χ2n) is 3.77. The first-order valence-corrected chi connectivity index (χ1v) is 6.73. The maximum absolute atomic E-state index is 10.3. The molecule has 0 fully saturated rings. The highest BCUT2D eigenvalue weighted by atomic mass is 16.5. The fourth-order valence-electron chi connectivity index (χ4n) is 0.577. The van der Waals surface area contributed by atoms with E-state index in [-0.39, 0.29) is 17.5 Å². The molecule has 6 heteroatoms. The Balaban J connectivity index is -0.000000252. The fraction of sp³-hybridized carbons (Fsp3) is 0.438. The molecule has 0 aromatic heterocycles. The Morgan fingerprint density at radius 1 is 1.05 bits per heavy atom. The van der Waals surface area contributed by atoms with Crippen LogP contribution in [0.3, 0.4) is 0 Å². The molecule has 0 aromatic rings. The van der Waals surface area contributed by atoms with Crippen LogP contribution in [0.4, 0.5) is 0 Å². The lowest BCUT2D eigenvalue weighted by molar-refractivity contribution is -0.138. The quantitative estimate of drug-likeness (QED) is 0.441. The number of ether oxygens (including phenoxy) is 2. The average molecular weight is 314 g/mol. The van der Waals surface area contributed by atoms with Crippen molar-refractivity contribution in [2.45, 2.75) is 33.6 Å². The number of carbonyl (C=O) groups is 3. The maximum atomic E-state index is 10.3. The van der Waals surface area contributed by atoms with Crippen molar-refractivity contribution in [3.8, 4) is 0 Å². The number of carboxylic acid groups (broad SMARTS) is 1. The monoisotopic (exact) mass is 314 g/mol. The first-order chi connectivity index (χ1) is 10.3. The third-order valence-electron chi connectivity index (χ3n) is 1.73. The molecule has 0 aliphatic carbocycles. The van der Waals surface area contributed by atoms with Gasteiger partial charge in [0.1, 0.15) is 0 Å². The highest BCUT2D eigenvalue weighted by Gasteiger charge is 1.91. The molecule has 0 saturated carbocycles. The van der Waals surface area contributed by atoms with Crippen LogP contribution in [0.15, 0.2) is 37.5 Å². The van der Waals surface area contributed by atoms with Crippen molar-refractivity contribution in [3.63, 3.8) is 0 Å². The van der Waals surface area contributed by atoms with E-state index in [4.69, 9.17) is 5.11 Å². The van der Waals surface area contributed by atoms with E-state index in [1.807, 2.05) is 6.92 Å². The van der Waals surface area contributed by atoms with Gasteiger partial charge in [-0.25, -0.2) is 14.4 Å². The Morgan fingerprint density at radius 3 is 1.68 bits per heavy atom.